The van der Waals surface area contributed by atoms with E-state index in [1.165, 1.54) is 25.8 Å². The molecule has 0 aromatic heterocycles. The summed E-state index contributed by atoms with van der Waals surface area (Å²) >= 11 is 0. The Balaban J connectivity index is 2.58. The minimum atomic E-state index is 0.521. The molecule has 1 rings (SSSR count). The van der Waals surface area contributed by atoms with Crippen LogP contribution in [0.4, 0.5) is 0 Å². The van der Waals surface area contributed by atoms with Crippen LogP contribution in [0.15, 0.2) is 0 Å². The van der Waals surface area contributed by atoms with Crippen molar-refractivity contribution in [1.29, 1.82) is 0 Å². The van der Waals surface area contributed by atoms with Crippen molar-refractivity contribution < 1.29 is 0 Å². The van der Waals surface area contributed by atoms with Gasteiger partial charge < -0.3 is 5.32 Å². The smallest absolute Gasteiger partial charge is 0.0106 e. The molecular weight excluding hydrogens is 182 g/mol. The Labute approximate surface area is 96.0 Å². The molecular formula is C14H29N. The lowest BCUT2D eigenvalue weighted by atomic mass is 10.00. The number of hydrogen-bond donors (Lipinski definition) is 1. The number of rotatable bonds is 6. The fourth-order valence-corrected chi connectivity index (χ4v) is 3.28. The zero-order valence-corrected chi connectivity index (χ0v) is 11.5. The maximum absolute atomic E-state index is 3.74. The summed E-state index contributed by atoms with van der Waals surface area (Å²) in [6, 6.07) is 0.736. The lowest BCUT2D eigenvalue weighted by molar-refractivity contribution is 0.374. The molecule has 0 aromatic carbocycles. The minimum Gasteiger partial charge on any atom is -0.314 e. The largest absolute Gasteiger partial charge is 0.314 e. The first-order chi connectivity index (χ1) is 6.89. The van der Waals surface area contributed by atoms with Crippen molar-refractivity contribution in [2.24, 2.45) is 16.7 Å². The molecule has 1 saturated carbocycles. The summed E-state index contributed by atoms with van der Waals surface area (Å²) in [5.41, 5.74) is 1.04. The van der Waals surface area contributed by atoms with Gasteiger partial charge in [0.25, 0.3) is 0 Å². The first-order valence-electron chi connectivity index (χ1n) is 6.63. The Kier molecular flexibility index (Phi) is 3.86. The van der Waals surface area contributed by atoms with Gasteiger partial charge in [-0.05, 0) is 36.1 Å². The Morgan fingerprint density at radius 3 is 1.87 bits per heavy atom. The fraction of sp³-hybridized carbons (Fsp3) is 1.00. The van der Waals surface area contributed by atoms with E-state index in [0.717, 1.165) is 12.0 Å². The van der Waals surface area contributed by atoms with Crippen LogP contribution in [0.1, 0.15) is 60.8 Å². The summed E-state index contributed by atoms with van der Waals surface area (Å²) in [5, 5.41) is 3.74. The van der Waals surface area contributed by atoms with E-state index in [1.54, 1.807) is 0 Å². The van der Waals surface area contributed by atoms with Crippen LogP contribution >= 0.6 is 0 Å². The molecule has 0 aliphatic heterocycles. The van der Waals surface area contributed by atoms with E-state index in [0.29, 0.717) is 10.8 Å². The van der Waals surface area contributed by atoms with Crippen LogP contribution in [-0.4, -0.2) is 12.6 Å². The molecule has 1 nitrogen and oxygen atoms in total. The lowest BCUT2D eigenvalue weighted by Gasteiger charge is -2.20. The first-order valence-corrected chi connectivity index (χ1v) is 6.63. The SMILES string of the molecule is CCCNC(CCC)C1C(C)(C)C1(C)C. The third-order valence-electron chi connectivity index (χ3n) is 4.79. The van der Waals surface area contributed by atoms with Crippen molar-refractivity contribution in [3.05, 3.63) is 0 Å². The Bertz CT molecular complexity index is 191. The third-order valence-corrected chi connectivity index (χ3v) is 4.79. The molecule has 1 aliphatic carbocycles. The van der Waals surface area contributed by atoms with Gasteiger partial charge in [-0.25, -0.2) is 0 Å². The Morgan fingerprint density at radius 1 is 1.00 bits per heavy atom. The summed E-state index contributed by atoms with van der Waals surface area (Å²) < 4.78 is 0. The van der Waals surface area contributed by atoms with Crippen LogP contribution in [-0.2, 0) is 0 Å². The summed E-state index contributed by atoms with van der Waals surface area (Å²) in [6.45, 7) is 15.4. The van der Waals surface area contributed by atoms with E-state index in [9.17, 15) is 0 Å². The van der Waals surface area contributed by atoms with E-state index in [-0.39, 0.29) is 0 Å². The van der Waals surface area contributed by atoms with Crippen LogP contribution < -0.4 is 5.32 Å². The van der Waals surface area contributed by atoms with Gasteiger partial charge in [-0.15, -0.1) is 0 Å². The quantitative estimate of drug-likeness (QED) is 0.704. The topological polar surface area (TPSA) is 12.0 Å². The third kappa shape index (κ3) is 2.22. The van der Waals surface area contributed by atoms with E-state index in [2.05, 4.69) is 46.9 Å². The molecule has 1 atom stereocenters. The van der Waals surface area contributed by atoms with Crippen LogP contribution in [0.2, 0.25) is 0 Å². The lowest BCUT2D eigenvalue weighted by Crippen LogP contribution is -2.33. The molecule has 0 amide bonds. The average molecular weight is 211 g/mol. The first kappa shape index (κ1) is 13.0. The summed E-state index contributed by atoms with van der Waals surface area (Å²) in [5.74, 6) is 0.858. The zero-order valence-electron chi connectivity index (χ0n) is 11.5. The zero-order chi connectivity index (χ0) is 11.7. The second kappa shape index (κ2) is 4.45. The molecule has 1 fully saturated rings. The van der Waals surface area contributed by atoms with Crippen molar-refractivity contribution in [3.8, 4) is 0 Å². The molecule has 90 valence electrons. The molecule has 0 saturated heterocycles. The van der Waals surface area contributed by atoms with Crippen molar-refractivity contribution in [3.63, 3.8) is 0 Å². The summed E-state index contributed by atoms with van der Waals surface area (Å²) in [7, 11) is 0. The van der Waals surface area contributed by atoms with Crippen molar-refractivity contribution >= 4 is 0 Å². The van der Waals surface area contributed by atoms with Crippen LogP contribution in [0.3, 0.4) is 0 Å². The van der Waals surface area contributed by atoms with Gasteiger partial charge in [0, 0.05) is 6.04 Å². The number of nitrogens with one attached hydrogen (secondary N) is 1. The highest BCUT2D eigenvalue weighted by Gasteiger charge is 2.66. The second-order valence-electron chi connectivity index (χ2n) is 6.27. The van der Waals surface area contributed by atoms with Gasteiger partial charge in [0.2, 0.25) is 0 Å². The fourth-order valence-electron chi connectivity index (χ4n) is 3.28. The number of hydrogen-bond acceptors (Lipinski definition) is 1. The highest BCUT2D eigenvalue weighted by atomic mass is 15.0. The molecule has 0 aromatic rings. The van der Waals surface area contributed by atoms with Crippen molar-refractivity contribution in [1.82, 2.24) is 5.32 Å². The van der Waals surface area contributed by atoms with Crippen LogP contribution in [0, 0.1) is 16.7 Å². The second-order valence-corrected chi connectivity index (χ2v) is 6.27. The van der Waals surface area contributed by atoms with E-state index in [4.69, 9.17) is 0 Å². The molecule has 0 radical (unpaired) electrons. The maximum Gasteiger partial charge on any atom is 0.0106 e. The van der Waals surface area contributed by atoms with Gasteiger partial charge in [-0.2, -0.15) is 0 Å². The Morgan fingerprint density at radius 2 is 1.53 bits per heavy atom. The standard InChI is InChI=1S/C14H29N/c1-7-9-11(15-10-8-2)12-13(3,4)14(12,5)6/h11-12,15H,7-10H2,1-6H3. The van der Waals surface area contributed by atoms with Crippen molar-refractivity contribution in [2.75, 3.05) is 6.54 Å². The highest BCUT2D eigenvalue weighted by Crippen LogP contribution is 2.70. The molecule has 0 heterocycles. The molecule has 1 unspecified atom stereocenters. The summed E-state index contributed by atoms with van der Waals surface area (Å²) in [6.07, 6.45) is 3.87. The molecule has 15 heavy (non-hydrogen) atoms. The monoisotopic (exact) mass is 211 g/mol. The molecule has 0 spiro atoms. The van der Waals surface area contributed by atoms with E-state index < -0.39 is 0 Å². The van der Waals surface area contributed by atoms with E-state index >= 15 is 0 Å². The van der Waals surface area contributed by atoms with Gasteiger partial charge in [0.1, 0.15) is 0 Å². The van der Waals surface area contributed by atoms with Crippen LogP contribution in [0.5, 0.6) is 0 Å². The Hall–Kier alpha value is -0.0400. The average Bonchev–Trinajstić information content (AvgIpc) is 2.53. The summed E-state index contributed by atoms with van der Waals surface area (Å²) in [4.78, 5) is 0. The highest BCUT2D eigenvalue weighted by molar-refractivity contribution is 5.16. The van der Waals surface area contributed by atoms with Gasteiger partial charge in [-0.3, -0.25) is 0 Å². The predicted molar refractivity (Wildman–Crippen MR) is 68.0 cm³/mol. The van der Waals surface area contributed by atoms with Crippen LogP contribution in [0.25, 0.3) is 0 Å². The molecule has 0 bridgehead atoms. The van der Waals surface area contributed by atoms with Gasteiger partial charge in [0.05, 0.1) is 0 Å². The van der Waals surface area contributed by atoms with E-state index in [1.807, 2.05) is 0 Å². The van der Waals surface area contributed by atoms with Gasteiger partial charge in [-0.1, -0.05) is 48.0 Å². The molecule has 1 N–H and O–H groups in total. The normalized spacial score (nSPS) is 25.2. The minimum absolute atomic E-state index is 0.521. The van der Waals surface area contributed by atoms with Crippen molar-refractivity contribution in [2.45, 2.75) is 66.8 Å². The molecule has 1 heteroatoms. The van der Waals surface area contributed by atoms with Gasteiger partial charge in [0.15, 0.2) is 0 Å². The predicted octanol–water partition coefficient (Wildman–Crippen LogP) is 3.84. The maximum atomic E-state index is 3.74. The molecule has 1 aliphatic rings. The van der Waals surface area contributed by atoms with Gasteiger partial charge >= 0.3 is 0 Å².